The molecule has 0 atom stereocenters. The van der Waals surface area contributed by atoms with Crippen molar-refractivity contribution in [2.24, 2.45) is 0 Å². The van der Waals surface area contributed by atoms with Gasteiger partial charge in [-0.25, -0.2) is 4.79 Å². The molecule has 0 saturated carbocycles. The van der Waals surface area contributed by atoms with E-state index in [4.69, 9.17) is 27.9 Å². The number of aldehydes is 1. The van der Waals surface area contributed by atoms with Crippen molar-refractivity contribution < 1.29 is 14.3 Å². The van der Waals surface area contributed by atoms with Crippen LogP contribution in [0.1, 0.15) is 20.7 Å². The zero-order valence-electron chi connectivity index (χ0n) is 9.60. The summed E-state index contributed by atoms with van der Waals surface area (Å²) >= 11 is 11.7. The molecule has 0 saturated heterocycles. The van der Waals surface area contributed by atoms with Crippen molar-refractivity contribution in [3.05, 3.63) is 63.6 Å². The van der Waals surface area contributed by atoms with Crippen molar-refractivity contribution in [3.8, 4) is 5.75 Å². The molecule has 0 aliphatic heterocycles. The van der Waals surface area contributed by atoms with Gasteiger partial charge in [-0.2, -0.15) is 0 Å². The van der Waals surface area contributed by atoms with E-state index in [1.165, 1.54) is 24.3 Å². The van der Waals surface area contributed by atoms with Crippen molar-refractivity contribution >= 4 is 35.5 Å². The molecule has 0 bridgehead atoms. The Morgan fingerprint density at radius 1 is 1.05 bits per heavy atom. The third kappa shape index (κ3) is 3.34. The van der Waals surface area contributed by atoms with Gasteiger partial charge in [0.15, 0.2) is 0 Å². The van der Waals surface area contributed by atoms with E-state index in [1.54, 1.807) is 18.2 Å². The van der Waals surface area contributed by atoms with Crippen LogP contribution in [0.4, 0.5) is 0 Å². The molecule has 96 valence electrons. The van der Waals surface area contributed by atoms with Gasteiger partial charge in [-0.1, -0.05) is 23.2 Å². The summed E-state index contributed by atoms with van der Waals surface area (Å²) in [6.45, 7) is 0. The van der Waals surface area contributed by atoms with E-state index in [-0.39, 0.29) is 10.6 Å². The molecule has 0 spiro atoms. The molecule has 2 aromatic rings. The summed E-state index contributed by atoms with van der Waals surface area (Å²) in [5.41, 5.74) is 0.689. The number of benzene rings is 2. The lowest BCUT2D eigenvalue weighted by Crippen LogP contribution is -2.09. The van der Waals surface area contributed by atoms with E-state index < -0.39 is 5.97 Å². The molecule has 0 aromatic heterocycles. The van der Waals surface area contributed by atoms with Crippen molar-refractivity contribution in [3.63, 3.8) is 0 Å². The Hall–Kier alpha value is -1.84. The van der Waals surface area contributed by atoms with Gasteiger partial charge in [0.25, 0.3) is 0 Å². The van der Waals surface area contributed by atoms with Crippen molar-refractivity contribution in [2.45, 2.75) is 0 Å². The van der Waals surface area contributed by atoms with Crippen LogP contribution in [0.3, 0.4) is 0 Å². The number of hydrogen-bond acceptors (Lipinski definition) is 3. The third-order valence-corrected chi connectivity index (χ3v) is 2.94. The highest BCUT2D eigenvalue weighted by Gasteiger charge is 2.13. The Kier molecular flexibility index (Phi) is 4.20. The molecule has 0 N–H and O–H groups in total. The first kappa shape index (κ1) is 13.6. The molecular formula is C14H8Cl2O3. The average Bonchev–Trinajstić information content (AvgIpc) is 2.42. The molecule has 3 nitrogen and oxygen atoms in total. The van der Waals surface area contributed by atoms with Crippen LogP contribution >= 0.6 is 23.2 Å². The number of ether oxygens (including phenoxy) is 1. The zero-order chi connectivity index (χ0) is 13.8. The minimum absolute atomic E-state index is 0.189. The summed E-state index contributed by atoms with van der Waals surface area (Å²) in [7, 11) is 0. The number of esters is 1. The van der Waals surface area contributed by atoms with Crippen LogP contribution in [0, 0.1) is 0 Å². The Balaban J connectivity index is 2.20. The monoisotopic (exact) mass is 294 g/mol. The molecular weight excluding hydrogens is 287 g/mol. The summed E-state index contributed by atoms with van der Waals surface area (Å²) < 4.78 is 5.14. The highest BCUT2D eigenvalue weighted by atomic mass is 35.5. The van der Waals surface area contributed by atoms with Gasteiger partial charge >= 0.3 is 5.97 Å². The largest absolute Gasteiger partial charge is 0.423 e. The summed E-state index contributed by atoms with van der Waals surface area (Å²) in [4.78, 5) is 22.4. The Labute approximate surface area is 119 Å². The molecule has 2 rings (SSSR count). The van der Waals surface area contributed by atoms with Gasteiger partial charge in [0.1, 0.15) is 12.0 Å². The maximum Gasteiger partial charge on any atom is 0.345 e. The van der Waals surface area contributed by atoms with Gasteiger partial charge in [0, 0.05) is 10.6 Å². The van der Waals surface area contributed by atoms with Gasteiger partial charge < -0.3 is 4.74 Å². The average molecular weight is 295 g/mol. The Morgan fingerprint density at radius 2 is 1.74 bits per heavy atom. The molecule has 2 aromatic carbocycles. The SMILES string of the molecule is O=Cc1ccc(OC(=O)c2cc(Cl)ccc2Cl)cc1. The summed E-state index contributed by atoms with van der Waals surface area (Å²) in [6, 6.07) is 10.7. The van der Waals surface area contributed by atoms with E-state index in [0.717, 1.165) is 0 Å². The molecule has 0 fully saturated rings. The molecule has 0 radical (unpaired) electrons. The predicted octanol–water partition coefficient (Wildman–Crippen LogP) is 4.03. The second kappa shape index (κ2) is 5.87. The first-order valence-corrected chi connectivity index (χ1v) is 6.08. The minimum atomic E-state index is -0.605. The van der Waals surface area contributed by atoms with E-state index >= 15 is 0 Å². The first-order valence-electron chi connectivity index (χ1n) is 5.32. The normalized spacial score (nSPS) is 10.0. The topological polar surface area (TPSA) is 43.4 Å². The molecule has 0 aliphatic carbocycles. The summed E-state index contributed by atoms with van der Waals surface area (Å²) in [5.74, 6) is -0.280. The van der Waals surface area contributed by atoms with Gasteiger partial charge in [0.05, 0.1) is 10.6 Å². The second-order valence-corrected chi connectivity index (χ2v) is 4.54. The van der Waals surface area contributed by atoms with E-state index in [1.807, 2.05) is 0 Å². The number of carbonyl (C=O) groups excluding carboxylic acids is 2. The molecule has 0 heterocycles. The Morgan fingerprint density at radius 3 is 2.37 bits per heavy atom. The molecule has 0 unspecified atom stereocenters. The number of rotatable bonds is 3. The predicted molar refractivity (Wildman–Crippen MR) is 73.3 cm³/mol. The summed E-state index contributed by atoms with van der Waals surface area (Å²) in [6.07, 6.45) is 0.708. The van der Waals surface area contributed by atoms with E-state index in [0.29, 0.717) is 22.6 Å². The fourth-order valence-corrected chi connectivity index (χ4v) is 1.80. The van der Waals surface area contributed by atoms with Crippen LogP contribution in [-0.4, -0.2) is 12.3 Å². The molecule has 5 heteroatoms. The van der Waals surface area contributed by atoms with Crippen LogP contribution in [0.5, 0.6) is 5.75 Å². The van der Waals surface area contributed by atoms with Gasteiger partial charge in [-0.3, -0.25) is 4.79 Å². The molecule has 0 aliphatic rings. The number of halogens is 2. The maximum atomic E-state index is 11.9. The van der Waals surface area contributed by atoms with Crippen LogP contribution in [0.25, 0.3) is 0 Å². The fourth-order valence-electron chi connectivity index (χ4n) is 1.43. The minimum Gasteiger partial charge on any atom is -0.423 e. The number of hydrogen-bond donors (Lipinski definition) is 0. The second-order valence-electron chi connectivity index (χ2n) is 3.70. The van der Waals surface area contributed by atoms with Crippen molar-refractivity contribution in [2.75, 3.05) is 0 Å². The lowest BCUT2D eigenvalue weighted by molar-refractivity contribution is 0.0735. The van der Waals surface area contributed by atoms with Crippen molar-refractivity contribution in [1.82, 2.24) is 0 Å². The number of carbonyl (C=O) groups is 2. The quantitative estimate of drug-likeness (QED) is 0.488. The molecule has 19 heavy (non-hydrogen) atoms. The Bertz CT molecular complexity index is 621. The van der Waals surface area contributed by atoms with Gasteiger partial charge in [0.2, 0.25) is 0 Å². The van der Waals surface area contributed by atoms with Crippen LogP contribution in [-0.2, 0) is 0 Å². The van der Waals surface area contributed by atoms with Crippen LogP contribution in [0.2, 0.25) is 10.0 Å². The smallest absolute Gasteiger partial charge is 0.345 e. The van der Waals surface area contributed by atoms with E-state index in [2.05, 4.69) is 0 Å². The summed E-state index contributed by atoms with van der Waals surface area (Å²) in [5, 5.41) is 0.659. The third-order valence-electron chi connectivity index (χ3n) is 2.38. The first-order chi connectivity index (χ1) is 9.10. The van der Waals surface area contributed by atoms with E-state index in [9.17, 15) is 9.59 Å². The highest BCUT2D eigenvalue weighted by molar-refractivity contribution is 6.35. The maximum absolute atomic E-state index is 11.9. The molecule has 0 amide bonds. The zero-order valence-corrected chi connectivity index (χ0v) is 11.1. The van der Waals surface area contributed by atoms with Crippen LogP contribution < -0.4 is 4.74 Å². The standard InChI is InChI=1S/C14H8Cl2O3/c15-10-3-6-13(16)12(7-10)14(18)19-11-4-1-9(8-17)2-5-11/h1-8H. The van der Waals surface area contributed by atoms with Crippen LogP contribution in [0.15, 0.2) is 42.5 Å². The van der Waals surface area contributed by atoms with Crippen molar-refractivity contribution in [1.29, 1.82) is 0 Å². The fraction of sp³-hybridized carbons (Fsp3) is 0. The highest BCUT2D eigenvalue weighted by Crippen LogP contribution is 2.22. The lowest BCUT2D eigenvalue weighted by Gasteiger charge is -2.06. The lowest BCUT2D eigenvalue weighted by atomic mass is 10.2. The van der Waals surface area contributed by atoms with Gasteiger partial charge in [-0.15, -0.1) is 0 Å². The van der Waals surface area contributed by atoms with Gasteiger partial charge in [-0.05, 0) is 42.5 Å².